The van der Waals surface area contributed by atoms with Gasteiger partial charge in [0.2, 0.25) is 0 Å². The molecule has 3 N–H and O–H groups in total. The van der Waals surface area contributed by atoms with Crippen LogP contribution in [0.15, 0.2) is 53.4 Å². The van der Waals surface area contributed by atoms with Crippen LogP contribution in [-0.4, -0.2) is 37.2 Å². The van der Waals surface area contributed by atoms with Crippen molar-refractivity contribution in [2.75, 3.05) is 11.3 Å². The summed E-state index contributed by atoms with van der Waals surface area (Å²) in [6, 6.07) is 8.64. The number of alkyl halides is 3. The van der Waals surface area contributed by atoms with Gasteiger partial charge in [0, 0.05) is 5.69 Å². The van der Waals surface area contributed by atoms with Crippen molar-refractivity contribution >= 4 is 50.6 Å². The van der Waals surface area contributed by atoms with E-state index in [0.29, 0.717) is 11.6 Å². The Labute approximate surface area is 199 Å². The van der Waals surface area contributed by atoms with E-state index in [-0.39, 0.29) is 26.2 Å². The third-order valence-corrected chi connectivity index (χ3v) is 7.27. The Morgan fingerprint density at radius 2 is 1.74 bits per heavy atom. The number of anilines is 1. The van der Waals surface area contributed by atoms with Crippen molar-refractivity contribution in [3.05, 3.63) is 64.0 Å². The van der Waals surface area contributed by atoms with Crippen molar-refractivity contribution in [3.8, 4) is 16.2 Å². The van der Waals surface area contributed by atoms with Gasteiger partial charge in [-0.2, -0.15) is 13.2 Å². The maximum atomic E-state index is 12.9. The minimum atomic E-state index is -4.71. The van der Waals surface area contributed by atoms with Gasteiger partial charge >= 0.3 is 18.1 Å². The predicted octanol–water partition coefficient (Wildman–Crippen LogP) is 5.05. The number of halogens is 4. The number of hydrogen-bond acceptors (Lipinski definition) is 6. The third kappa shape index (κ3) is 5.61. The van der Waals surface area contributed by atoms with Crippen LogP contribution >= 0.6 is 22.9 Å². The molecule has 180 valence electrons. The van der Waals surface area contributed by atoms with Crippen molar-refractivity contribution in [2.45, 2.75) is 11.1 Å². The highest BCUT2D eigenvalue weighted by molar-refractivity contribution is 7.92. The average molecular weight is 536 g/mol. The van der Waals surface area contributed by atoms with Crippen LogP contribution in [0.2, 0.25) is 5.02 Å². The van der Waals surface area contributed by atoms with Gasteiger partial charge in [-0.25, -0.2) is 18.0 Å². The molecule has 0 atom stereocenters. The average Bonchev–Trinajstić information content (AvgIpc) is 3.08. The molecule has 0 aliphatic rings. The van der Waals surface area contributed by atoms with Crippen LogP contribution in [0.3, 0.4) is 0 Å². The molecule has 0 fully saturated rings. The van der Waals surface area contributed by atoms with Crippen LogP contribution in [0.1, 0.15) is 15.2 Å². The first kappa shape index (κ1) is 25.3. The number of nitrogens with one attached hydrogen (secondary N) is 1. The molecule has 0 amide bonds. The summed E-state index contributed by atoms with van der Waals surface area (Å²) < 4.78 is 70.8. The summed E-state index contributed by atoms with van der Waals surface area (Å²) in [5, 5.41) is 18.0. The molecular formula is C20H13ClF3NO7S2. The summed E-state index contributed by atoms with van der Waals surface area (Å²) in [5.41, 5.74) is -0.729. The van der Waals surface area contributed by atoms with Gasteiger partial charge in [0.05, 0.1) is 15.3 Å². The number of aliphatic carboxylic acids is 1. The molecule has 2 aromatic carbocycles. The highest BCUT2D eigenvalue weighted by Crippen LogP contribution is 2.45. The SMILES string of the molecule is O=C(O)COc1c(C(=O)O)sc(-c2ccc(NS(=O)(=O)c3cccc(C(F)(F)F)c3)cc2)c1Cl. The number of carbonyl (C=O) groups is 2. The van der Waals surface area contributed by atoms with E-state index < -0.39 is 45.2 Å². The molecule has 0 aliphatic heterocycles. The number of thiophene rings is 1. The molecule has 0 saturated carbocycles. The van der Waals surface area contributed by atoms with E-state index in [9.17, 15) is 36.3 Å². The molecule has 8 nitrogen and oxygen atoms in total. The molecule has 3 rings (SSSR count). The molecule has 0 unspecified atom stereocenters. The standard InChI is InChI=1S/C20H13ClF3NO7S2/c21-15-16(32-9-14(26)27)18(19(28)29)33-17(15)10-4-6-12(7-5-10)25-34(30,31)13-3-1-2-11(8-13)20(22,23)24/h1-8,25H,9H2,(H,26,27)(H,28,29). The van der Waals surface area contributed by atoms with Crippen molar-refractivity contribution in [1.82, 2.24) is 0 Å². The molecule has 1 aromatic heterocycles. The van der Waals surface area contributed by atoms with Crippen LogP contribution in [0, 0.1) is 0 Å². The molecule has 3 aromatic rings. The lowest BCUT2D eigenvalue weighted by Gasteiger charge is -2.11. The molecule has 0 spiro atoms. The van der Waals surface area contributed by atoms with Crippen LogP contribution in [-0.2, 0) is 21.0 Å². The summed E-state index contributed by atoms with van der Waals surface area (Å²) in [4.78, 5) is 21.5. The fourth-order valence-corrected chi connectivity index (χ4v) is 5.24. The van der Waals surface area contributed by atoms with E-state index in [1.54, 1.807) is 0 Å². The van der Waals surface area contributed by atoms with Crippen LogP contribution in [0.5, 0.6) is 5.75 Å². The Balaban J connectivity index is 1.88. The van der Waals surface area contributed by atoms with E-state index in [4.69, 9.17) is 21.4 Å². The molecule has 1 heterocycles. The van der Waals surface area contributed by atoms with Gasteiger partial charge in [0.1, 0.15) is 5.02 Å². The Kier molecular flexibility index (Phi) is 7.10. The van der Waals surface area contributed by atoms with Gasteiger partial charge in [0.25, 0.3) is 10.0 Å². The largest absolute Gasteiger partial charge is 0.479 e. The molecule has 34 heavy (non-hydrogen) atoms. The second-order valence-electron chi connectivity index (χ2n) is 6.60. The van der Waals surface area contributed by atoms with E-state index >= 15 is 0 Å². The smallest absolute Gasteiger partial charge is 0.416 e. The Hall–Kier alpha value is -3.29. The minimum absolute atomic E-state index is 0.0228. The first-order valence-electron chi connectivity index (χ1n) is 9.00. The van der Waals surface area contributed by atoms with Gasteiger partial charge in [0.15, 0.2) is 17.2 Å². The van der Waals surface area contributed by atoms with Crippen molar-refractivity contribution in [2.24, 2.45) is 0 Å². The molecule has 0 radical (unpaired) electrons. The highest BCUT2D eigenvalue weighted by atomic mass is 35.5. The lowest BCUT2D eigenvalue weighted by Crippen LogP contribution is -2.14. The van der Waals surface area contributed by atoms with Gasteiger partial charge < -0.3 is 14.9 Å². The number of sulfonamides is 1. The van der Waals surface area contributed by atoms with Gasteiger partial charge in [-0.05, 0) is 35.9 Å². The number of ether oxygens (including phenoxy) is 1. The monoisotopic (exact) mass is 535 g/mol. The number of aromatic carboxylic acids is 1. The quantitative estimate of drug-likeness (QED) is 0.368. The zero-order chi connectivity index (χ0) is 25.3. The zero-order valence-electron chi connectivity index (χ0n) is 16.6. The predicted molar refractivity (Wildman–Crippen MR) is 117 cm³/mol. The van der Waals surface area contributed by atoms with E-state index in [1.807, 2.05) is 0 Å². The van der Waals surface area contributed by atoms with Crippen molar-refractivity contribution in [1.29, 1.82) is 0 Å². The van der Waals surface area contributed by atoms with Crippen molar-refractivity contribution < 1.29 is 46.1 Å². The maximum Gasteiger partial charge on any atom is 0.416 e. The molecular weight excluding hydrogens is 523 g/mol. The minimum Gasteiger partial charge on any atom is -0.479 e. The van der Waals surface area contributed by atoms with Crippen LogP contribution in [0.4, 0.5) is 18.9 Å². The fourth-order valence-electron chi connectivity index (χ4n) is 2.73. The summed E-state index contributed by atoms with van der Waals surface area (Å²) >= 11 is 6.92. The van der Waals surface area contributed by atoms with Gasteiger partial charge in [-0.15, -0.1) is 11.3 Å². The fraction of sp³-hybridized carbons (Fsp3) is 0.100. The molecule has 0 saturated heterocycles. The second-order valence-corrected chi connectivity index (χ2v) is 9.68. The van der Waals surface area contributed by atoms with Crippen LogP contribution < -0.4 is 9.46 Å². The van der Waals surface area contributed by atoms with Gasteiger partial charge in [-0.1, -0.05) is 29.8 Å². The van der Waals surface area contributed by atoms with E-state index in [2.05, 4.69) is 4.72 Å². The summed E-state index contributed by atoms with van der Waals surface area (Å²) in [6.07, 6.45) is -4.71. The lowest BCUT2D eigenvalue weighted by molar-refractivity contribution is -0.139. The maximum absolute atomic E-state index is 12.9. The summed E-state index contributed by atoms with van der Waals surface area (Å²) in [5.74, 6) is -3.03. The molecule has 0 aliphatic carbocycles. The summed E-state index contributed by atoms with van der Waals surface area (Å²) in [7, 11) is -4.34. The Bertz CT molecular complexity index is 1350. The number of carboxylic acids is 2. The summed E-state index contributed by atoms with van der Waals surface area (Å²) in [6.45, 7) is -0.813. The third-order valence-electron chi connectivity index (χ3n) is 4.21. The number of rotatable bonds is 8. The number of hydrogen-bond donors (Lipinski definition) is 3. The normalized spacial score (nSPS) is 11.8. The molecule has 14 heteroatoms. The van der Waals surface area contributed by atoms with Gasteiger partial charge in [-0.3, -0.25) is 4.72 Å². The van der Waals surface area contributed by atoms with E-state index in [1.165, 1.54) is 24.3 Å². The zero-order valence-corrected chi connectivity index (χ0v) is 19.0. The van der Waals surface area contributed by atoms with E-state index in [0.717, 1.165) is 29.5 Å². The second kappa shape index (κ2) is 9.52. The number of benzene rings is 2. The number of carboxylic acid groups (broad SMARTS) is 2. The van der Waals surface area contributed by atoms with Crippen LogP contribution in [0.25, 0.3) is 10.4 Å². The molecule has 0 bridgehead atoms. The first-order valence-corrected chi connectivity index (χ1v) is 11.7. The first-order chi connectivity index (χ1) is 15.8. The highest BCUT2D eigenvalue weighted by Gasteiger charge is 2.31. The Morgan fingerprint density at radius 3 is 2.29 bits per heavy atom. The Morgan fingerprint density at radius 1 is 1.09 bits per heavy atom. The topological polar surface area (TPSA) is 130 Å². The lowest BCUT2D eigenvalue weighted by atomic mass is 10.1. The van der Waals surface area contributed by atoms with Crippen molar-refractivity contribution in [3.63, 3.8) is 0 Å².